The van der Waals surface area contributed by atoms with Gasteiger partial charge in [0, 0.05) is 11.9 Å². The van der Waals surface area contributed by atoms with Gasteiger partial charge in [-0.05, 0) is 6.42 Å². The molecule has 0 aliphatic carbocycles. The number of hydrogen-bond acceptors (Lipinski definition) is 1. The van der Waals surface area contributed by atoms with Crippen LogP contribution >= 0.6 is 0 Å². The van der Waals surface area contributed by atoms with E-state index in [1.807, 2.05) is 6.92 Å². The van der Waals surface area contributed by atoms with E-state index in [9.17, 15) is 5.11 Å². The SMILES string of the molecule is CCc1[nH]ccc1[O-]. The molecule has 1 N–H and O–H groups in total. The lowest BCUT2D eigenvalue weighted by Gasteiger charge is -2.01. The normalized spacial score (nSPS) is 9.62. The maximum absolute atomic E-state index is 10.6. The quantitative estimate of drug-likeness (QED) is 0.566. The maximum atomic E-state index is 10.6. The summed E-state index contributed by atoms with van der Waals surface area (Å²) in [6, 6.07) is 1.54. The Hall–Kier alpha value is -0.920. The number of aromatic amines is 1. The van der Waals surface area contributed by atoms with Crippen molar-refractivity contribution >= 4 is 0 Å². The van der Waals surface area contributed by atoms with Gasteiger partial charge < -0.3 is 10.1 Å². The molecule has 0 saturated carbocycles. The van der Waals surface area contributed by atoms with Crippen LogP contribution in [-0.2, 0) is 6.42 Å². The third kappa shape index (κ3) is 0.689. The van der Waals surface area contributed by atoms with Crippen LogP contribution in [0, 0.1) is 0 Å². The molecule has 0 spiro atoms. The summed E-state index contributed by atoms with van der Waals surface area (Å²) in [5, 5.41) is 10.6. The van der Waals surface area contributed by atoms with E-state index in [4.69, 9.17) is 0 Å². The molecule has 0 aromatic carbocycles. The molecule has 2 heteroatoms. The molecule has 1 aromatic heterocycles. The number of aromatic nitrogens is 1. The van der Waals surface area contributed by atoms with E-state index in [-0.39, 0.29) is 5.75 Å². The van der Waals surface area contributed by atoms with Crippen molar-refractivity contribution in [2.24, 2.45) is 0 Å². The summed E-state index contributed by atoms with van der Waals surface area (Å²) in [7, 11) is 0. The van der Waals surface area contributed by atoms with Gasteiger partial charge in [0.2, 0.25) is 0 Å². The van der Waals surface area contributed by atoms with Crippen LogP contribution in [0.3, 0.4) is 0 Å². The predicted octanol–water partition coefficient (Wildman–Crippen LogP) is 0.651. The van der Waals surface area contributed by atoms with Crippen LogP contribution in [-0.4, -0.2) is 4.98 Å². The first kappa shape index (κ1) is 5.22. The Balaban J connectivity index is 2.92. The van der Waals surface area contributed by atoms with Crippen LogP contribution in [0.15, 0.2) is 12.3 Å². The Morgan fingerprint density at radius 2 is 2.50 bits per heavy atom. The molecule has 44 valence electrons. The lowest BCUT2D eigenvalue weighted by molar-refractivity contribution is -0.269. The minimum atomic E-state index is 0.118. The first-order valence-electron chi connectivity index (χ1n) is 2.68. The highest BCUT2D eigenvalue weighted by atomic mass is 16.3. The van der Waals surface area contributed by atoms with Gasteiger partial charge in [0.15, 0.2) is 0 Å². The van der Waals surface area contributed by atoms with Crippen LogP contribution in [0.1, 0.15) is 12.6 Å². The monoisotopic (exact) mass is 110 g/mol. The number of aryl methyl sites for hydroxylation is 1. The smallest absolute Gasteiger partial charge is 0.00644 e. The number of hydrogen-bond donors (Lipinski definition) is 1. The van der Waals surface area contributed by atoms with Crippen molar-refractivity contribution in [2.45, 2.75) is 13.3 Å². The van der Waals surface area contributed by atoms with Gasteiger partial charge in [-0.3, -0.25) is 0 Å². The van der Waals surface area contributed by atoms with Gasteiger partial charge in [0.25, 0.3) is 0 Å². The predicted molar refractivity (Wildman–Crippen MR) is 29.6 cm³/mol. The second-order valence-electron chi connectivity index (χ2n) is 1.67. The summed E-state index contributed by atoms with van der Waals surface area (Å²) in [4.78, 5) is 2.84. The fourth-order valence-electron chi connectivity index (χ4n) is 0.666. The lowest BCUT2D eigenvalue weighted by Crippen LogP contribution is -1.91. The van der Waals surface area contributed by atoms with Gasteiger partial charge in [0.1, 0.15) is 0 Å². The van der Waals surface area contributed by atoms with Gasteiger partial charge in [-0.2, -0.15) is 0 Å². The van der Waals surface area contributed by atoms with Crippen molar-refractivity contribution in [3.63, 3.8) is 0 Å². The Kier molecular flexibility index (Phi) is 1.24. The maximum Gasteiger partial charge on any atom is 0.00644 e. The molecule has 0 atom stereocenters. The Morgan fingerprint density at radius 3 is 2.75 bits per heavy atom. The molecule has 2 nitrogen and oxygen atoms in total. The zero-order valence-electron chi connectivity index (χ0n) is 4.77. The average Bonchev–Trinajstić information content (AvgIpc) is 2.14. The van der Waals surface area contributed by atoms with Crippen molar-refractivity contribution < 1.29 is 5.11 Å². The zero-order valence-corrected chi connectivity index (χ0v) is 4.77. The van der Waals surface area contributed by atoms with E-state index in [0.717, 1.165) is 12.1 Å². The molecule has 1 rings (SSSR count). The molecule has 0 fully saturated rings. The van der Waals surface area contributed by atoms with Gasteiger partial charge in [-0.25, -0.2) is 0 Å². The van der Waals surface area contributed by atoms with Crippen LogP contribution in [0.25, 0.3) is 0 Å². The van der Waals surface area contributed by atoms with Crippen molar-refractivity contribution in [2.75, 3.05) is 0 Å². The van der Waals surface area contributed by atoms with Crippen LogP contribution in [0.4, 0.5) is 0 Å². The van der Waals surface area contributed by atoms with E-state index in [1.165, 1.54) is 0 Å². The highest BCUT2D eigenvalue weighted by molar-refractivity contribution is 5.23. The van der Waals surface area contributed by atoms with Crippen molar-refractivity contribution in [1.29, 1.82) is 0 Å². The molecular weight excluding hydrogens is 102 g/mol. The first-order valence-corrected chi connectivity index (χ1v) is 2.68. The highest BCUT2D eigenvalue weighted by Crippen LogP contribution is 2.09. The number of rotatable bonds is 1. The van der Waals surface area contributed by atoms with E-state index in [0.29, 0.717) is 0 Å². The third-order valence-corrected chi connectivity index (χ3v) is 1.14. The van der Waals surface area contributed by atoms with Gasteiger partial charge in [-0.15, -0.1) is 0 Å². The Labute approximate surface area is 48.2 Å². The molecule has 1 heterocycles. The highest BCUT2D eigenvalue weighted by Gasteiger charge is 1.86. The summed E-state index contributed by atoms with van der Waals surface area (Å²) in [5.74, 6) is 0.118. The van der Waals surface area contributed by atoms with E-state index in [2.05, 4.69) is 4.98 Å². The molecule has 0 radical (unpaired) electrons. The van der Waals surface area contributed by atoms with Gasteiger partial charge in [0.05, 0.1) is 0 Å². The summed E-state index contributed by atoms with van der Waals surface area (Å²) >= 11 is 0. The van der Waals surface area contributed by atoms with Crippen LogP contribution < -0.4 is 5.11 Å². The second kappa shape index (κ2) is 1.90. The fourth-order valence-corrected chi connectivity index (χ4v) is 0.666. The van der Waals surface area contributed by atoms with E-state index < -0.39 is 0 Å². The van der Waals surface area contributed by atoms with Crippen molar-refractivity contribution in [3.05, 3.63) is 18.0 Å². The van der Waals surface area contributed by atoms with Crippen LogP contribution in [0.2, 0.25) is 0 Å². The molecule has 0 unspecified atom stereocenters. The van der Waals surface area contributed by atoms with Gasteiger partial charge in [-0.1, -0.05) is 18.7 Å². The van der Waals surface area contributed by atoms with Crippen molar-refractivity contribution in [3.8, 4) is 5.75 Å². The fraction of sp³-hybridized carbons (Fsp3) is 0.333. The molecule has 8 heavy (non-hydrogen) atoms. The third-order valence-electron chi connectivity index (χ3n) is 1.14. The van der Waals surface area contributed by atoms with E-state index in [1.54, 1.807) is 12.3 Å². The molecule has 0 saturated heterocycles. The Bertz CT molecular complexity index is 169. The summed E-state index contributed by atoms with van der Waals surface area (Å²) in [6.07, 6.45) is 2.47. The summed E-state index contributed by atoms with van der Waals surface area (Å²) < 4.78 is 0. The zero-order chi connectivity index (χ0) is 5.98. The molecular formula is C6H8NO-. The lowest BCUT2D eigenvalue weighted by atomic mass is 10.3. The second-order valence-corrected chi connectivity index (χ2v) is 1.67. The number of H-pyrrole nitrogens is 1. The summed E-state index contributed by atoms with van der Waals surface area (Å²) in [6.45, 7) is 1.95. The molecule has 0 aliphatic rings. The van der Waals surface area contributed by atoms with Crippen molar-refractivity contribution in [1.82, 2.24) is 4.98 Å². The molecule has 0 bridgehead atoms. The van der Waals surface area contributed by atoms with Crippen LogP contribution in [0.5, 0.6) is 5.75 Å². The molecule has 0 amide bonds. The first-order chi connectivity index (χ1) is 3.84. The van der Waals surface area contributed by atoms with Gasteiger partial charge >= 0.3 is 0 Å². The number of nitrogens with one attached hydrogen (secondary N) is 1. The van der Waals surface area contributed by atoms with E-state index >= 15 is 0 Å². The minimum Gasteiger partial charge on any atom is -0.871 e. The summed E-state index contributed by atoms with van der Waals surface area (Å²) in [5.41, 5.74) is 0.796. The molecule has 1 aromatic rings. The largest absolute Gasteiger partial charge is 0.871 e. The Morgan fingerprint density at radius 1 is 1.75 bits per heavy atom. The minimum absolute atomic E-state index is 0.118. The topological polar surface area (TPSA) is 38.8 Å². The molecule has 0 aliphatic heterocycles. The standard InChI is InChI=1S/C6H9NO/c1-2-5-6(8)3-4-7-5/h3-4,7-8H,2H2,1H3/p-1. The average molecular weight is 110 g/mol.